The molecule has 8 heteroatoms. The molecule has 0 aliphatic rings. The summed E-state index contributed by atoms with van der Waals surface area (Å²) in [7, 11) is 3.16. The fourth-order valence-electron chi connectivity index (χ4n) is 3.81. The lowest BCUT2D eigenvalue weighted by molar-refractivity contribution is 0.354. The molecule has 0 saturated carbocycles. The summed E-state index contributed by atoms with van der Waals surface area (Å²) in [6.45, 7) is 2.04. The Hall–Kier alpha value is -3.78. The van der Waals surface area contributed by atoms with Gasteiger partial charge >= 0.3 is 0 Å². The van der Waals surface area contributed by atoms with E-state index in [0.717, 1.165) is 16.9 Å². The van der Waals surface area contributed by atoms with Crippen LogP contribution in [0.25, 0.3) is 22.2 Å². The Morgan fingerprint density at radius 2 is 1.79 bits per heavy atom. The Labute approximate surface area is 194 Å². The topological polar surface area (TPSA) is 70.7 Å². The van der Waals surface area contributed by atoms with Gasteiger partial charge in [-0.25, -0.2) is 9.97 Å². The van der Waals surface area contributed by atoms with Gasteiger partial charge in [0.05, 0.1) is 36.5 Å². The molecule has 5 rings (SSSR count). The molecule has 33 heavy (non-hydrogen) atoms. The lowest BCUT2D eigenvalue weighted by atomic mass is 10.2. The Balaban J connectivity index is 1.61. The molecule has 5 aromatic rings. The minimum atomic E-state index is -0.138. The molecule has 2 aromatic carbocycles. The van der Waals surface area contributed by atoms with Crippen molar-refractivity contribution in [3.8, 4) is 17.2 Å². The molecule has 0 fully saturated rings. The highest BCUT2D eigenvalue weighted by Crippen LogP contribution is 2.31. The normalized spacial score (nSPS) is 11.2. The predicted molar refractivity (Wildman–Crippen MR) is 130 cm³/mol. The number of thioether (sulfide) groups is 1. The van der Waals surface area contributed by atoms with Gasteiger partial charge in [0.1, 0.15) is 5.65 Å². The number of hydrogen-bond donors (Lipinski definition) is 0. The summed E-state index contributed by atoms with van der Waals surface area (Å²) >= 11 is 1.47. The van der Waals surface area contributed by atoms with Crippen molar-refractivity contribution >= 4 is 28.3 Å². The fourth-order valence-corrected chi connectivity index (χ4v) is 4.71. The first-order valence-electron chi connectivity index (χ1n) is 10.4. The Kier molecular flexibility index (Phi) is 5.51. The second kappa shape index (κ2) is 8.63. The average molecular weight is 459 g/mol. The highest BCUT2D eigenvalue weighted by atomic mass is 32.2. The molecule has 0 amide bonds. The van der Waals surface area contributed by atoms with Crippen LogP contribution in [0.1, 0.15) is 11.3 Å². The van der Waals surface area contributed by atoms with Crippen molar-refractivity contribution in [2.24, 2.45) is 0 Å². The summed E-state index contributed by atoms with van der Waals surface area (Å²) in [6, 6.07) is 16.8. The quantitative estimate of drug-likeness (QED) is 0.272. The largest absolute Gasteiger partial charge is 0.493 e. The van der Waals surface area contributed by atoms with Crippen LogP contribution < -0.4 is 15.0 Å². The predicted octanol–water partition coefficient (Wildman–Crippen LogP) is 4.65. The van der Waals surface area contributed by atoms with Crippen LogP contribution in [-0.4, -0.2) is 33.2 Å². The molecule has 3 aromatic heterocycles. The van der Waals surface area contributed by atoms with Crippen molar-refractivity contribution in [2.75, 3.05) is 14.2 Å². The molecule has 0 radical (unpaired) electrons. The van der Waals surface area contributed by atoms with Crippen LogP contribution in [0.3, 0.4) is 0 Å². The van der Waals surface area contributed by atoms with Crippen molar-refractivity contribution in [1.82, 2.24) is 18.9 Å². The SMILES string of the molecule is COc1ccc(-n2c(SCc3cn4cccc(C)c4n3)nc3ccccc3c2=O)cc1OC. The molecule has 0 N–H and O–H groups in total. The van der Waals surface area contributed by atoms with E-state index < -0.39 is 0 Å². The van der Waals surface area contributed by atoms with Crippen molar-refractivity contribution < 1.29 is 9.47 Å². The summed E-state index contributed by atoms with van der Waals surface area (Å²) in [5, 5.41) is 1.14. The van der Waals surface area contributed by atoms with Crippen molar-refractivity contribution in [1.29, 1.82) is 0 Å². The first-order valence-corrected chi connectivity index (χ1v) is 11.4. The molecule has 0 aliphatic heterocycles. The lowest BCUT2D eigenvalue weighted by Crippen LogP contribution is -2.21. The molecule has 7 nitrogen and oxygen atoms in total. The molecule has 3 heterocycles. The standard InChI is InChI=1S/C25H22N4O3S/c1-16-7-6-12-28-14-17(26-23(16)28)15-33-25-27-20-9-5-4-8-19(20)24(30)29(25)18-10-11-21(31-2)22(13-18)32-3/h4-14H,15H2,1-3H3. The highest BCUT2D eigenvalue weighted by Gasteiger charge is 2.16. The zero-order valence-electron chi connectivity index (χ0n) is 18.5. The third kappa shape index (κ3) is 3.82. The van der Waals surface area contributed by atoms with Gasteiger partial charge in [-0.2, -0.15) is 0 Å². The van der Waals surface area contributed by atoms with Crippen LogP contribution in [0, 0.1) is 6.92 Å². The summed E-state index contributed by atoms with van der Waals surface area (Å²) in [5.74, 6) is 1.71. The molecule has 0 atom stereocenters. The Bertz CT molecular complexity index is 1540. The summed E-state index contributed by atoms with van der Waals surface area (Å²) in [4.78, 5) is 23.1. The van der Waals surface area contributed by atoms with E-state index in [1.807, 2.05) is 60.1 Å². The maximum atomic E-state index is 13.5. The number of para-hydroxylation sites is 1. The third-order valence-corrected chi connectivity index (χ3v) is 6.42. The van der Waals surface area contributed by atoms with Crippen molar-refractivity contribution in [3.63, 3.8) is 0 Å². The van der Waals surface area contributed by atoms with Gasteiger partial charge in [0.15, 0.2) is 16.7 Å². The summed E-state index contributed by atoms with van der Waals surface area (Å²) in [6.07, 6.45) is 3.99. The van der Waals surface area contributed by atoms with Crippen LogP contribution in [0.4, 0.5) is 0 Å². The molecule has 0 bridgehead atoms. The molecule has 0 aliphatic carbocycles. The second-order valence-electron chi connectivity index (χ2n) is 7.53. The van der Waals surface area contributed by atoms with E-state index in [-0.39, 0.29) is 5.56 Å². The van der Waals surface area contributed by atoms with Crippen LogP contribution in [0.5, 0.6) is 11.5 Å². The highest BCUT2D eigenvalue weighted by molar-refractivity contribution is 7.98. The van der Waals surface area contributed by atoms with Crippen LogP contribution in [0.15, 0.2) is 76.9 Å². The van der Waals surface area contributed by atoms with Gasteiger partial charge in [0, 0.05) is 24.2 Å². The number of pyridine rings is 1. The van der Waals surface area contributed by atoms with Gasteiger partial charge < -0.3 is 13.9 Å². The van der Waals surface area contributed by atoms with Gasteiger partial charge in [-0.05, 0) is 42.8 Å². The van der Waals surface area contributed by atoms with Gasteiger partial charge in [-0.15, -0.1) is 0 Å². The summed E-state index contributed by atoms with van der Waals surface area (Å²) < 4.78 is 14.5. The van der Waals surface area contributed by atoms with E-state index >= 15 is 0 Å². The van der Waals surface area contributed by atoms with Crippen molar-refractivity contribution in [3.05, 3.63) is 88.6 Å². The number of aryl methyl sites for hydroxylation is 1. The summed E-state index contributed by atoms with van der Waals surface area (Å²) in [5.41, 5.74) is 4.13. The van der Waals surface area contributed by atoms with E-state index in [9.17, 15) is 4.79 Å². The number of rotatable bonds is 6. The number of methoxy groups -OCH3 is 2. The van der Waals surface area contributed by atoms with Gasteiger partial charge in [-0.1, -0.05) is 30.0 Å². The first-order chi connectivity index (χ1) is 16.1. The zero-order valence-corrected chi connectivity index (χ0v) is 19.3. The van der Waals surface area contributed by atoms with E-state index in [4.69, 9.17) is 19.4 Å². The number of aromatic nitrogens is 4. The van der Waals surface area contributed by atoms with Gasteiger partial charge in [-0.3, -0.25) is 9.36 Å². The molecule has 0 spiro atoms. The van der Waals surface area contributed by atoms with Crippen LogP contribution >= 0.6 is 11.8 Å². The zero-order chi connectivity index (χ0) is 22.9. The molecular formula is C25H22N4O3S. The Morgan fingerprint density at radius 3 is 2.58 bits per heavy atom. The number of benzene rings is 2. The number of imidazole rings is 1. The minimum absolute atomic E-state index is 0.138. The number of nitrogens with zero attached hydrogens (tertiary/aromatic N) is 4. The van der Waals surface area contributed by atoms with Gasteiger partial charge in [0.2, 0.25) is 0 Å². The fraction of sp³-hybridized carbons (Fsp3) is 0.160. The Morgan fingerprint density at radius 1 is 0.970 bits per heavy atom. The lowest BCUT2D eigenvalue weighted by Gasteiger charge is -2.15. The van der Waals surface area contributed by atoms with Gasteiger partial charge in [0.25, 0.3) is 5.56 Å². The third-order valence-electron chi connectivity index (χ3n) is 5.45. The number of ether oxygens (including phenoxy) is 2. The van der Waals surface area contributed by atoms with Crippen molar-refractivity contribution in [2.45, 2.75) is 17.8 Å². The second-order valence-corrected chi connectivity index (χ2v) is 8.48. The maximum absolute atomic E-state index is 13.5. The molecule has 166 valence electrons. The minimum Gasteiger partial charge on any atom is -0.493 e. The average Bonchev–Trinajstić information content (AvgIpc) is 3.27. The van der Waals surface area contributed by atoms with Crippen LogP contribution in [-0.2, 0) is 5.75 Å². The molecular weight excluding hydrogens is 436 g/mol. The van der Waals surface area contributed by atoms with E-state index in [1.165, 1.54) is 11.8 Å². The molecule has 0 saturated heterocycles. The number of fused-ring (bicyclic) bond motifs is 2. The van der Waals surface area contributed by atoms with Crippen LogP contribution in [0.2, 0.25) is 0 Å². The van der Waals surface area contributed by atoms with E-state index in [1.54, 1.807) is 37.0 Å². The first kappa shape index (κ1) is 21.1. The van der Waals surface area contributed by atoms with E-state index in [2.05, 4.69) is 0 Å². The maximum Gasteiger partial charge on any atom is 0.266 e. The number of hydrogen-bond acceptors (Lipinski definition) is 6. The monoisotopic (exact) mass is 458 g/mol. The van der Waals surface area contributed by atoms with E-state index in [0.29, 0.717) is 39.0 Å². The molecule has 0 unspecified atom stereocenters. The smallest absolute Gasteiger partial charge is 0.266 e.